The normalized spacial score (nSPS) is 22.3. The highest BCUT2D eigenvalue weighted by Gasteiger charge is 2.35. The number of ether oxygens (including phenoxy) is 1. The van der Waals surface area contributed by atoms with Crippen molar-refractivity contribution in [3.05, 3.63) is 0 Å². The molecule has 0 bridgehead atoms. The Balaban J connectivity index is 2.33. The molecule has 0 aliphatic heterocycles. The minimum Gasteiger partial charge on any atom is -0.428 e. The molecule has 0 spiro atoms. The maximum Gasteiger partial charge on any atom is 0.406 e. The van der Waals surface area contributed by atoms with Crippen LogP contribution < -0.4 is 11.5 Å². The molecule has 0 saturated heterocycles. The molecule has 0 unspecified atom stereocenters. The van der Waals surface area contributed by atoms with Crippen LogP contribution in [-0.2, 0) is 4.74 Å². The van der Waals surface area contributed by atoms with Crippen LogP contribution in [0.1, 0.15) is 19.3 Å². The molecule has 1 amide bonds. The van der Waals surface area contributed by atoms with Crippen LogP contribution in [0.15, 0.2) is 0 Å². The van der Waals surface area contributed by atoms with Crippen LogP contribution in [0, 0.1) is 0 Å². The van der Waals surface area contributed by atoms with Gasteiger partial charge in [-0.3, -0.25) is 5.73 Å². The third kappa shape index (κ3) is 1.32. The van der Waals surface area contributed by atoms with Crippen molar-refractivity contribution in [3.63, 3.8) is 0 Å². The van der Waals surface area contributed by atoms with Gasteiger partial charge in [-0.1, -0.05) is 0 Å². The van der Waals surface area contributed by atoms with E-state index >= 15 is 0 Å². The Morgan fingerprint density at radius 2 is 2.11 bits per heavy atom. The zero-order valence-corrected chi connectivity index (χ0v) is 5.09. The van der Waals surface area contributed by atoms with Crippen molar-refractivity contribution in [3.8, 4) is 0 Å². The first-order valence-electron chi connectivity index (χ1n) is 2.90. The van der Waals surface area contributed by atoms with Crippen molar-refractivity contribution in [1.82, 2.24) is 0 Å². The molecule has 1 aliphatic carbocycles. The van der Waals surface area contributed by atoms with Gasteiger partial charge in [0.25, 0.3) is 0 Å². The second-order valence-corrected chi connectivity index (χ2v) is 2.34. The Morgan fingerprint density at radius 3 is 2.22 bits per heavy atom. The van der Waals surface area contributed by atoms with E-state index in [0.29, 0.717) is 0 Å². The molecule has 4 nitrogen and oxygen atoms in total. The van der Waals surface area contributed by atoms with Crippen molar-refractivity contribution >= 4 is 6.09 Å². The van der Waals surface area contributed by atoms with E-state index in [0.717, 1.165) is 19.3 Å². The van der Waals surface area contributed by atoms with Crippen LogP contribution in [0.25, 0.3) is 0 Å². The van der Waals surface area contributed by atoms with Crippen molar-refractivity contribution in [2.75, 3.05) is 0 Å². The predicted molar refractivity (Wildman–Crippen MR) is 31.4 cm³/mol. The minimum atomic E-state index is -0.780. The highest BCUT2D eigenvalue weighted by Crippen LogP contribution is 2.29. The Morgan fingerprint density at radius 1 is 1.56 bits per heavy atom. The van der Waals surface area contributed by atoms with E-state index in [4.69, 9.17) is 11.5 Å². The van der Waals surface area contributed by atoms with Gasteiger partial charge in [-0.15, -0.1) is 0 Å². The lowest BCUT2D eigenvalue weighted by atomic mass is 9.89. The van der Waals surface area contributed by atoms with E-state index < -0.39 is 11.8 Å². The van der Waals surface area contributed by atoms with E-state index in [9.17, 15) is 4.79 Å². The van der Waals surface area contributed by atoms with Crippen LogP contribution in [0.5, 0.6) is 0 Å². The smallest absolute Gasteiger partial charge is 0.406 e. The molecule has 1 rings (SSSR count). The van der Waals surface area contributed by atoms with Crippen molar-refractivity contribution < 1.29 is 9.53 Å². The topological polar surface area (TPSA) is 78.3 Å². The number of hydrogen-bond acceptors (Lipinski definition) is 3. The number of rotatable bonds is 1. The highest BCUT2D eigenvalue weighted by molar-refractivity contribution is 5.65. The lowest BCUT2D eigenvalue weighted by Gasteiger charge is -2.36. The van der Waals surface area contributed by atoms with Crippen LogP contribution in [-0.4, -0.2) is 11.8 Å². The van der Waals surface area contributed by atoms with Crippen molar-refractivity contribution in [2.24, 2.45) is 11.5 Å². The summed E-state index contributed by atoms with van der Waals surface area (Å²) >= 11 is 0. The molecule has 0 heterocycles. The predicted octanol–water partition coefficient (Wildman–Crippen LogP) is -0.0794. The number of nitrogens with two attached hydrogens (primary N) is 2. The van der Waals surface area contributed by atoms with E-state index in [1.165, 1.54) is 0 Å². The zero-order valence-electron chi connectivity index (χ0n) is 5.09. The van der Waals surface area contributed by atoms with Gasteiger partial charge in [-0.05, 0) is 6.42 Å². The summed E-state index contributed by atoms with van der Waals surface area (Å²) in [4.78, 5) is 10.1. The summed E-state index contributed by atoms with van der Waals surface area (Å²) in [5.41, 5.74) is 9.50. The maximum atomic E-state index is 10.1. The molecule has 1 saturated carbocycles. The van der Waals surface area contributed by atoms with Gasteiger partial charge in [0.1, 0.15) is 0 Å². The van der Waals surface area contributed by atoms with Gasteiger partial charge in [0.05, 0.1) is 0 Å². The SMILES string of the molecule is NC(=O)OC1(N)CCC1. The second-order valence-electron chi connectivity index (χ2n) is 2.34. The van der Waals surface area contributed by atoms with Crippen LogP contribution in [0.3, 0.4) is 0 Å². The standard InChI is InChI=1S/C5H10N2O2/c6-4(8)9-5(7)2-1-3-5/h1-3,7H2,(H2,6,8). The fourth-order valence-electron chi connectivity index (χ4n) is 0.828. The first kappa shape index (κ1) is 6.35. The zero-order chi connectivity index (χ0) is 6.91. The first-order chi connectivity index (χ1) is 4.12. The quantitative estimate of drug-likeness (QED) is 0.487. The second kappa shape index (κ2) is 1.88. The Hall–Kier alpha value is -0.770. The number of carbonyl (C=O) groups is 1. The van der Waals surface area contributed by atoms with Crippen LogP contribution in [0.2, 0.25) is 0 Å². The molecule has 9 heavy (non-hydrogen) atoms. The summed E-state index contributed by atoms with van der Waals surface area (Å²) in [7, 11) is 0. The molecule has 0 aromatic rings. The third-order valence-electron chi connectivity index (χ3n) is 1.50. The largest absolute Gasteiger partial charge is 0.428 e. The number of primary amides is 1. The summed E-state index contributed by atoms with van der Waals surface area (Å²) in [5, 5.41) is 0. The third-order valence-corrected chi connectivity index (χ3v) is 1.50. The molecule has 1 fully saturated rings. The molecule has 4 N–H and O–H groups in total. The number of carbonyl (C=O) groups excluding carboxylic acids is 1. The fraction of sp³-hybridized carbons (Fsp3) is 0.800. The van der Waals surface area contributed by atoms with Crippen molar-refractivity contribution in [1.29, 1.82) is 0 Å². The van der Waals surface area contributed by atoms with Gasteiger partial charge in [0.15, 0.2) is 5.72 Å². The number of amides is 1. The molecule has 0 radical (unpaired) electrons. The molecular weight excluding hydrogens is 120 g/mol. The lowest BCUT2D eigenvalue weighted by Crippen LogP contribution is -2.51. The van der Waals surface area contributed by atoms with E-state index in [-0.39, 0.29) is 0 Å². The minimum absolute atomic E-state index is 0.730. The summed E-state index contributed by atoms with van der Waals surface area (Å²) in [6.45, 7) is 0. The average molecular weight is 130 g/mol. The van der Waals surface area contributed by atoms with Gasteiger partial charge >= 0.3 is 6.09 Å². The summed E-state index contributed by atoms with van der Waals surface area (Å²) < 4.78 is 4.59. The molecular formula is C5H10N2O2. The van der Waals surface area contributed by atoms with Gasteiger partial charge in [-0.2, -0.15) is 0 Å². The lowest BCUT2D eigenvalue weighted by molar-refractivity contribution is -0.0382. The van der Waals surface area contributed by atoms with Gasteiger partial charge in [0, 0.05) is 12.8 Å². The van der Waals surface area contributed by atoms with Gasteiger partial charge in [-0.25, -0.2) is 4.79 Å². The first-order valence-corrected chi connectivity index (χ1v) is 2.90. The maximum absolute atomic E-state index is 10.1. The van der Waals surface area contributed by atoms with Crippen LogP contribution in [0.4, 0.5) is 4.79 Å². The average Bonchev–Trinajstić information content (AvgIpc) is 1.60. The van der Waals surface area contributed by atoms with Crippen molar-refractivity contribution in [2.45, 2.75) is 25.0 Å². The van der Waals surface area contributed by atoms with Crippen LogP contribution >= 0.6 is 0 Å². The highest BCUT2D eigenvalue weighted by atomic mass is 16.6. The van der Waals surface area contributed by atoms with E-state index in [1.807, 2.05) is 0 Å². The number of hydrogen-bond donors (Lipinski definition) is 2. The molecule has 0 atom stereocenters. The van der Waals surface area contributed by atoms with Gasteiger partial charge in [0.2, 0.25) is 0 Å². The summed E-state index contributed by atoms with van der Waals surface area (Å²) in [5.74, 6) is 0. The van der Waals surface area contributed by atoms with E-state index in [2.05, 4.69) is 4.74 Å². The Kier molecular flexibility index (Phi) is 1.32. The van der Waals surface area contributed by atoms with E-state index in [1.54, 1.807) is 0 Å². The summed E-state index contributed by atoms with van der Waals surface area (Å²) in [6.07, 6.45) is 1.70. The Labute approximate surface area is 53.1 Å². The molecule has 52 valence electrons. The summed E-state index contributed by atoms with van der Waals surface area (Å²) in [6, 6.07) is 0. The fourth-order valence-corrected chi connectivity index (χ4v) is 0.828. The molecule has 4 heteroatoms. The van der Waals surface area contributed by atoms with Gasteiger partial charge < -0.3 is 10.5 Å². The monoisotopic (exact) mass is 130 g/mol. The molecule has 0 aromatic carbocycles. The Bertz CT molecular complexity index is 131. The molecule has 0 aromatic heterocycles. The molecule has 1 aliphatic rings.